The van der Waals surface area contributed by atoms with E-state index in [0.29, 0.717) is 0 Å². The van der Waals surface area contributed by atoms with Crippen LogP contribution in [0.1, 0.15) is 34.7 Å². The van der Waals surface area contributed by atoms with E-state index in [9.17, 15) is 0 Å². The fraction of sp³-hybridized carbons (Fsp3) is 0.412. The number of hydrogen-bond acceptors (Lipinski definition) is 3. The van der Waals surface area contributed by atoms with Crippen LogP contribution in [0, 0.1) is 6.92 Å². The minimum absolute atomic E-state index is 0.124. The number of benzene rings is 1. The molecule has 0 bridgehead atoms. The highest BCUT2D eigenvalue weighted by atomic mass is 32.1. The average Bonchev–Trinajstić information content (AvgIpc) is 2.85. The lowest BCUT2D eigenvalue weighted by molar-refractivity contribution is 0.517. The first-order chi connectivity index (χ1) is 9.66. The Hall–Kier alpha value is -1.32. The van der Waals surface area contributed by atoms with Crippen molar-refractivity contribution in [3.63, 3.8) is 0 Å². The van der Waals surface area contributed by atoms with Gasteiger partial charge in [0.1, 0.15) is 0 Å². The monoisotopic (exact) mass is 286 g/mol. The molecule has 0 radical (unpaired) electrons. The molecule has 1 aliphatic rings. The topological polar surface area (TPSA) is 29.3 Å². The van der Waals surface area contributed by atoms with Crippen molar-refractivity contribution in [2.24, 2.45) is 5.73 Å². The lowest BCUT2D eigenvalue weighted by Crippen LogP contribution is -2.41. The van der Waals surface area contributed by atoms with Crippen molar-refractivity contribution in [2.45, 2.75) is 38.8 Å². The number of thiophene rings is 1. The summed E-state index contributed by atoms with van der Waals surface area (Å²) in [7, 11) is 0. The molecule has 2 N–H and O–H groups in total. The van der Waals surface area contributed by atoms with E-state index < -0.39 is 0 Å². The number of rotatable bonds is 3. The van der Waals surface area contributed by atoms with E-state index in [1.54, 1.807) is 0 Å². The van der Waals surface area contributed by atoms with Crippen molar-refractivity contribution >= 4 is 17.0 Å². The number of para-hydroxylation sites is 1. The van der Waals surface area contributed by atoms with Crippen molar-refractivity contribution < 1.29 is 0 Å². The molecular weight excluding hydrogens is 264 g/mol. The molecule has 106 valence electrons. The molecule has 0 spiro atoms. The molecule has 2 unspecified atom stereocenters. The number of hydrogen-bond donors (Lipinski definition) is 1. The maximum atomic E-state index is 6.33. The second-order valence-electron chi connectivity index (χ2n) is 5.68. The Balaban J connectivity index is 2.01. The molecule has 3 heteroatoms. The van der Waals surface area contributed by atoms with Gasteiger partial charge in [0, 0.05) is 28.0 Å². The second-order valence-corrected chi connectivity index (χ2v) is 7.00. The SMILES string of the molecule is Cc1ccc(C(C(C)N)N2CCCc3ccccc32)s1. The normalized spacial score (nSPS) is 17.6. The van der Waals surface area contributed by atoms with Crippen LogP contribution in [0.3, 0.4) is 0 Å². The third-order valence-electron chi connectivity index (χ3n) is 4.03. The lowest BCUT2D eigenvalue weighted by Gasteiger charge is -2.39. The summed E-state index contributed by atoms with van der Waals surface area (Å²) in [5.74, 6) is 0. The van der Waals surface area contributed by atoms with Gasteiger partial charge in [-0.15, -0.1) is 11.3 Å². The summed E-state index contributed by atoms with van der Waals surface area (Å²) < 4.78 is 0. The molecule has 3 rings (SSSR count). The quantitative estimate of drug-likeness (QED) is 0.927. The van der Waals surface area contributed by atoms with Crippen molar-refractivity contribution in [3.05, 3.63) is 51.7 Å². The summed E-state index contributed by atoms with van der Waals surface area (Å²) in [6, 6.07) is 13.6. The average molecular weight is 286 g/mol. The van der Waals surface area contributed by atoms with E-state index in [1.165, 1.54) is 33.8 Å². The molecule has 2 aromatic rings. The van der Waals surface area contributed by atoms with Crippen LogP contribution >= 0.6 is 11.3 Å². The van der Waals surface area contributed by atoms with E-state index in [-0.39, 0.29) is 12.1 Å². The zero-order valence-corrected chi connectivity index (χ0v) is 13.0. The Morgan fingerprint density at radius 2 is 2.00 bits per heavy atom. The van der Waals surface area contributed by atoms with Crippen LogP contribution in [-0.4, -0.2) is 12.6 Å². The molecule has 0 amide bonds. The summed E-state index contributed by atoms with van der Waals surface area (Å²) in [5.41, 5.74) is 9.15. The largest absolute Gasteiger partial charge is 0.362 e. The zero-order valence-electron chi connectivity index (χ0n) is 12.2. The van der Waals surface area contributed by atoms with Gasteiger partial charge in [0.15, 0.2) is 0 Å². The van der Waals surface area contributed by atoms with Gasteiger partial charge in [0.2, 0.25) is 0 Å². The fourth-order valence-electron chi connectivity index (χ4n) is 3.16. The van der Waals surface area contributed by atoms with Gasteiger partial charge in [-0.2, -0.15) is 0 Å². The molecule has 1 aromatic heterocycles. The van der Waals surface area contributed by atoms with Gasteiger partial charge < -0.3 is 10.6 Å². The zero-order chi connectivity index (χ0) is 14.1. The van der Waals surface area contributed by atoms with Gasteiger partial charge in [-0.3, -0.25) is 0 Å². The Kier molecular flexibility index (Phi) is 3.81. The Bertz CT molecular complexity index is 588. The first-order valence-electron chi connectivity index (χ1n) is 7.33. The number of nitrogens with zero attached hydrogens (tertiary/aromatic N) is 1. The summed E-state index contributed by atoms with van der Waals surface area (Å²) in [4.78, 5) is 5.25. The predicted octanol–water partition coefficient (Wildman–Crippen LogP) is 3.90. The van der Waals surface area contributed by atoms with Gasteiger partial charge in [-0.25, -0.2) is 0 Å². The first-order valence-corrected chi connectivity index (χ1v) is 8.15. The van der Waals surface area contributed by atoms with Gasteiger partial charge in [0.25, 0.3) is 0 Å². The maximum Gasteiger partial charge on any atom is 0.0783 e. The van der Waals surface area contributed by atoms with Gasteiger partial charge in [-0.1, -0.05) is 18.2 Å². The third kappa shape index (κ3) is 2.48. The molecule has 0 saturated heterocycles. The molecule has 2 nitrogen and oxygen atoms in total. The van der Waals surface area contributed by atoms with E-state index >= 15 is 0 Å². The van der Waals surface area contributed by atoms with Crippen LogP contribution < -0.4 is 10.6 Å². The van der Waals surface area contributed by atoms with Crippen LogP contribution in [-0.2, 0) is 6.42 Å². The predicted molar refractivity (Wildman–Crippen MR) is 87.6 cm³/mol. The molecule has 0 saturated carbocycles. The smallest absolute Gasteiger partial charge is 0.0783 e. The van der Waals surface area contributed by atoms with E-state index in [4.69, 9.17) is 5.73 Å². The van der Waals surface area contributed by atoms with Gasteiger partial charge >= 0.3 is 0 Å². The number of anilines is 1. The van der Waals surface area contributed by atoms with Gasteiger partial charge in [-0.05, 0) is 50.5 Å². The molecule has 1 aliphatic heterocycles. The van der Waals surface area contributed by atoms with E-state index in [2.05, 4.69) is 55.1 Å². The molecule has 2 heterocycles. The summed E-state index contributed by atoms with van der Waals surface area (Å²) >= 11 is 1.87. The molecular formula is C17H22N2S. The van der Waals surface area contributed by atoms with E-state index in [0.717, 1.165) is 6.54 Å². The minimum Gasteiger partial charge on any atom is -0.362 e. The standard InChI is InChI=1S/C17H22N2S/c1-12-9-10-16(20-12)17(13(2)18)19-11-5-7-14-6-3-4-8-15(14)19/h3-4,6,8-10,13,17H,5,7,11,18H2,1-2H3. The molecule has 1 aromatic carbocycles. The van der Waals surface area contributed by atoms with Crippen molar-refractivity contribution in [3.8, 4) is 0 Å². The Morgan fingerprint density at radius 1 is 1.20 bits per heavy atom. The van der Waals surface area contributed by atoms with Crippen LogP contribution in [0.4, 0.5) is 5.69 Å². The maximum absolute atomic E-state index is 6.33. The van der Waals surface area contributed by atoms with Crippen molar-refractivity contribution in [1.29, 1.82) is 0 Å². The second kappa shape index (κ2) is 5.58. The van der Waals surface area contributed by atoms with Crippen LogP contribution in [0.25, 0.3) is 0 Å². The van der Waals surface area contributed by atoms with Crippen LogP contribution in [0.2, 0.25) is 0 Å². The van der Waals surface area contributed by atoms with E-state index in [1.807, 2.05) is 11.3 Å². The highest BCUT2D eigenvalue weighted by Crippen LogP contribution is 2.37. The first kappa shape index (κ1) is 13.7. The molecule has 0 aliphatic carbocycles. The van der Waals surface area contributed by atoms with Crippen LogP contribution in [0.5, 0.6) is 0 Å². The Morgan fingerprint density at radius 3 is 2.70 bits per heavy atom. The lowest BCUT2D eigenvalue weighted by atomic mass is 9.97. The number of fused-ring (bicyclic) bond motifs is 1. The highest BCUT2D eigenvalue weighted by molar-refractivity contribution is 7.12. The summed E-state index contributed by atoms with van der Waals surface area (Å²) in [6.07, 6.45) is 2.40. The van der Waals surface area contributed by atoms with Gasteiger partial charge in [0.05, 0.1) is 6.04 Å². The minimum atomic E-state index is 0.124. The van der Waals surface area contributed by atoms with Crippen LogP contribution in [0.15, 0.2) is 36.4 Å². The molecule has 20 heavy (non-hydrogen) atoms. The number of nitrogens with two attached hydrogens (primary N) is 1. The van der Waals surface area contributed by atoms with Crippen molar-refractivity contribution in [1.82, 2.24) is 0 Å². The third-order valence-corrected chi connectivity index (χ3v) is 5.10. The fourth-order valence-corrected chi connectivity index (χ4v) is 4.27. The van der Waals surface area contributed by atoms with Crippen molar-refractivity contribution in [2.75, 3.05) is 11.4 Å². The summed E-state index contributed by atoms with van der Waals surface area (Å²) in [6.45, 7) is 5.38. The summed E-state index contributed by atoms with van der Waals surface area (Å²) in [5, 5.41) is 0. The Labute approximate surface area is 125 Å². The highest BCUT2D eigenvalue weighted by Gasteiger charge is 2.28. The number of aryl methyl sites for hydroxylation is 2. The molecule has 0 fully saturated rings. The molecule has 2 atom stereocenters.